The maximum Gasteiger partial charge on any atom is 0.257 e. The summed E-state index contributed by atoms with van der Waals surface area (Å²) in [5, 5.41) is 7.27. The number of hydrogen-bond donors (Lipinski definition) is 0. The van der Waals surface area contributed by atoms with Crippen molar-refractivity contribution in [1.82, 2.24) is 20.0 Å². The lowest BCUT2D eigenvalue weighted by Crippen LogP contribution is -2.43. The minimum absolute atomic E-state index is 0.0801. The summed E-state index contributed by atoms with van der Waals surface area (Å²) in [6.07, 6.45) is 3.32. The van der Waals surface area contributed by atoms with Gasteiger partial charge in [-0.2, -0.15) is 4.98 Å². The largest absolute Gasteiger partial charge is 0.365 e. The van der Waals surface area contributed by atoms with Gasteiger partial charge in [0.25, 0.3) is 5.89 Å². The molecule has 152 valence electrons. The average Bonchev–Trinajstić information content (AvgIpc) is 3.42. The van der Waals surface area contributed by atoms with Gasteiger partial charge < -0.3 is 14.2 Å². The van der Waals surface area contributed by atoms with E-state index < -0.39 is 6.10 Å². The Balaban J connectivity index is 1.30. The molecule has 1 aliphatic heterocycles. The van der Waals surface area contributed by atoms with Crippen molar-refractivity contribution in [3.63, 3.8) is 0 Å². The van der Waals surface area contributed by atoms with Crippen LogP contribution in [0.5, 0.6) is 0 Å². The number of aryl methyl sites for hydroxylation is 1. The Kier molecular flexibility index (Phi) is 5.02. The van der Waals surface area contributed by atoms with Crippen LogP contribution in [0, 0.1) is 6.92 Å². The minimum atomic E-state index is -0.429. The van der Waals surface area contributed by atoms with Crippen molar-refractivity contribution in [1.29, 1.82) is 0 Å². The highest BCUT2D eigenvalue weighted by molar-refractivity contribution is 7.17. The number of fused-ring (bicyclic) bond motifs is 1. The van der Waals surface area contributed by atoms with Gasteiger partial charge in [-0.25, -0.2) is 0 Å². The molecule has 0 radical (unpaired) electrons. The van der Waals surface area contributed by atoms with Crippen LogP contribution in [0.2, 0.25) is 0 Å². The number of thiophene rings is 1. The predicted molar refractivity (Wildman–Crippen MR) is 113 cm³/mol. The number of nitrogens with zero attached hydrogens (tertiary/aromatic N) is 4. The number of ether oxygens (including phenoxy) is 1. The number of aromatic nitrogens is 3. The van der Waals surface area contributed by atoms with Gasteiger partial charge in [0.05, 0.1) is 19.6 Å². The minimum Gasteiger partial charge on any atom is -0.365 e. The molecule has 5 rings (SSSR count). The van der Waals surface area contributed by atoms with E-state index >= 15 is 0 Å². The normalized spacial score (nSPS) is 16.8. The van der Waals surface area contributed by atoms with Gasteiger partial charge in [0, 0.05) is 29.2 Å². The Hall–Kier alpha value is -3.10. The van der Waals surface area contributed by atoms with Gasteiger partial charge in [-0.15, -0.1) is 11.3 Å². The first kappa shape index (κ1) is 18.9. The Labute approximate surface area is 177 Å². The van der Waals surface area contributed by atoms with E-state index in [1.165, 1.54) is 10.3 Å². The van der Waals surface area contributed by atoms with E-state index in [2.05, 4.69) is 45.6 Å². The van der Waals surface area contributed by atoms with E-state index in [0.29, 0.717) is 37.8 Å². The Bertz CT molecular complexity index is 1190. The second-order valence-corrected chi connectivity index (χ2v) is 8.25. The van der Waals surface area contributed by atoms with Gasteiger partial charge in [-0.05, 0) is 41.5 Å². The summed E-state index contributed by atoms with van der Waals surface area (Å²) in [5.74, 6) is 0.921. The van der Waals surface area contributed by atoms with Crippen LogP contribution >= 0.6 is 11.3 Å². The summed E-state index contributed by atoms with van der Waals surface area (Å²) in [6, 6.07) is 10.0. The molecule has 3 aromatic heterocycles. The fourth-order valence-electron chi connectivity index (χ4n) is 3.61. The first-order valence-corrected chi connectivity index (χ1v) is 10.7. The highest BCUT2D eigenvalue weighted by Gasteiger charge is 2.30. The summed E-state index contributed by atoms with van der Waals surface area (Å²) in [4.78, 5) is 23.3. The third-order valence-corrected chi connectivity index (χ3v) is 6.22. The lowest BCUT2D eigenvalue weighted by molar-refractivity contribution is -0.139. The topological polar surface area (TPSA) is 81.4 Å². The van der Waals surface area contributed by atoms with Crippen LogP contribution in [0.25, 0.3) is 21.5 Å². The number of benzene rings is 1. The molecule has 8 heteroatoms. The predicted octanol–water partition coefficient (Wildman–Crippen LogP) is 3.80. The Morgan fingerprint density at radius 3 is 3.13 bits per heavy atom. The Morgan fingerprint density at radius 2 is 2.27 bits per heavy atom. The Morgan fingerprint density at radius 1 is 1.33 bits per heavy atom. The van der Waals surface area contributed by atoms with Gasteiger partial charge >= 0.3 is 0 Å². The molecule has 1 aliphatic rings. The van der Waals surface area contributed by atoms with Crippen LogP contribution in [-0.2, 0) is 16.0 Å². The first-order chi connectivity index (χ1) is 14.7. The van der Waals surface area contributed by atoms with Crippen LogP contribution in [-0.4, -0.2) is 45.6 Å². The fraction of sp³-hybridized carbons (Fsp3) is 0.273. The average molecular weight is 420 g/mol. The van der Waals surface area contributed by atoms with E-state index in [4.69, 9.17) is 9.26 Å². The van der Waals surface area contributed by atoms with Crippen LogP contribution in [0.15, 0.2) is 52.6 Å². The van der Waals surface area contributed by atoms with Crippen molar-refractivity contribution in [2.24, 2.45) is 0 Å². The van der Waals surface area contributed by atoms with Crippen LogP contribution in [0.4, 0.5) is 0 Å². The highest BCUT2D eigenvalue weighted by atomic mass is 32.1. The van der Waals surface area contributed by atoms with Crippen molar-refractivity contribution >= 4 is 27.3 Å². The zero-order valence-electron chi connectivity index (χ0n) is 16.4. The number of carbonyl (C=O) groups excluding carboxylic acids is 1. The lowest BCUT2D eigenvalue weighted by Gasteiger charge is -2.31. The van der Waals surface area contributed by atoms with E-state index in [1.54, 1.807) is 23.7 Å². The summed E-state index contributed by atoms with van der Waals surface area (Å²) in [6.45, 7) is 3.46. The van der Waals surface area contributed by atoms with Crippen molar-refractivity contribution < 1.29 is 14.1 Å². The molecule has 4 heterocycles. The smallest absolute Gasteiger partial charge is 0.257 e. The molecular weight excluding hydrogens is 400 g/mol. The molecule has 0 saturated carbocycles. The maximum absolute atomic E-state index is 13.0. The number of amides is 1. The molecular formula is C22H20N4O3S. The third-order valence-electron chi connectivity index (χ3n) is 5.21. The van der Waals surface area contributed by atoms with Crippen molar-refractivity contribution in [3.05, 3.63) is 65.1 Å². The molecule has 1 saturated heterocycles. The SMILES string of the molecule is Cc1ccc2scc(CC(=O)N3CCO[C@@H](c4nc(-c5cccnc5)no4)C3)c2c1. The number of hydrogen-bond acceptors (Lipinski definition) is 7. The zero-order chi connectivity index (χ0) is 20.5. The second-order valence-electron chi connectivity index (χ2n) is 7.33. The zero-order valence-corrected chi connectivity index (χ0v) is 17.3. The summed E-state index contributed by atoms with van der Waals surface area (Å²) in [5.41, 5.74) is 3.04. The number of pyridine rings is 1. The van der Waals surface area contributed by atoms with Gasteiger partial charge in [0.2, 0.25) is 11.7 Å². The van der Waals surface area contributed by atoms with E-state index in [1.807, 2.05) is 17.0 Å². The van der Waals surface area contributed by atoms with Crippen LogP contribution in [0.1, 0.15) is 23.1 Å². The monoisotopic (exact) mass is 420 g/mol. The molecule has 0 aliphatic carbocycles. The molecule has 4 aromatic rings. The molecule has 0 bridgehead atoms. The molecule has 0 unspecified atom stereocenters. The summed E-state index contributed by atoms with van der Waals surface area (Å²) >= 11 is 1.68. The lowest BCUT2D eigenvalue weighted by atomic mass is 10.1. The van der Waals surface area contributed by atoms with Crippen LogP contribution in [0.3, 0.4) is 0 Å². The molecule has 1 aromatic carbocycles. The summed E-state index contributed by atoms with van der Waals surface area (Å²) in [7, 11) is 0. The van der Waals surface area contributed by atoms with Gasteiger partial charge in [0.1, 0.15) is 0 Å². The quantitative estimate of drug-likeness (QED) is 0.500. The van der Waals surface area contributed by atoms with E-state index in [0.717, 1.165) is 16.5 Å². The van der Waals surface area contributed by atoms with Gasteiger partial charge in [-0.1, -0.05) is 22.9 Å². The number of carbonyl (C=O) groups is 1. The van der Waals surface area contributed by atoms with Crippen LogP contribution < -0.4 is 0 Å². The van der Waals surface area contributed by atoms with Crippen molar-refractivity contribution in [3.8, 4) is 11.4 Å². The fourth-order valence-corrected chi connectivity index (χ4v) is 4.55. The molecule has 0 spiro atoms. The third kappa shape index (κ3) is 3.71. The van der Waals surface area contributed by atoms with Crippen molar-refractivity contribution in [2.45, 2.75) is 19.4 Å². The standard InChI is InChI=1S/C22H20N4O3S/c1-14-4-5-19-17(9-14)16(13-30-19)10-20(27)26-7-8-28-18(12-26)22-24-21(25-29-22)15-3-2-6-23-11-15/h2-6,9,11,13,18H,7-8,10,12H2,1H3/t18-/m1/s1. The molecule has 1 atom stereocenters. The van der Waals surface area contributed by atoms with Crippen molar-refractivity contribution in [2.75, 3.05) is 19.7 Å². The van der Waals surface area contributed by atoms with E-state index in [-0.39, 0.29) is 5.91 Å². The molecule has 1 fully saturated rings. The van der Waals surface area contributed by atoms with Gasteiger partial charge in [-0.3, -0.25) is 9.78 Å². The molecule has 0 N–H and O–H groups in total. The highest BCUT2D eigenvalue weighted by Crippen LogP contribution is 2.29. The molecule has 7 nitrogen and oxygen atoms in total. The molecule has 1 amide bonds. The first-order valence-electron chi connectivity index (χ1n) is 9.77. The number of rotatable bonds is 4. The number of morpholine rings is 1. The molecule has 30 heavy (non-hydrogen) atoms. The maximum atomic E-state index is 13.0. The summed E-state index contributed by atoms with van der Waals surface area (Å²) < 4.78 is 12.4. The van der Waals surface area contributed by atoms with Gasteiger partial charge in [0.15, 0.2) is 6.10 Å². The van der Waals surface area contributed by atoms with E-state index in [9.17, 15) is 4.79 Å². The second kappa shape index (κ2) is 7.97.